The van der Waals surface area contributed by atoms with Gasteiger partial charge >= 0.3 is 0 Å². The summed E-state index contributed by atoms with van der Waals surface area (Å²) in [5, 5.41) is 22.4. The highest BCUT2D eigenvalue weighted by molar-refractivity contribution is 7.18. The molecule has 5 heterocycles. The van der Waals surface area contributed by atoms with E-state index in [0.29, 0.717) is 11.2 Å². The van der Waals surface area contributed by atoms with Crippen LogP contribution in [-0.2, 0) is 4.74 Å². The molecule has 0 amide bonds. The van der Waals surface area contributed by atoms with E-state index in [1.165, 1.54) is 0 Å². The van der Waals surface area contributed by atoms with Gasteiger partial charge in [0.15, 0.2) is 0 Å². The summed E-state index contributed by atoms with van der Waals surface area (Å²) in [5.41, 5.74) is 3.04. The topological polar surface area (TPSA) is 96.8 Å². The highest BCUT2D eigenvalue weighted by Crippen LogP contribution is 2.37. The van der Waals surface area contributed by atoms with E-state index in [1.807, 2.05) is 18.2 Å². The number of thiophene rings is 1. The van der Waals surface area contributed by atoms with E-state index in [1.54, 1.807) is 17.5 Å². The predicted molar refractivity (Wildman–Crippen MR) is 98.8 cm³/mol. The highest BCUT2D eigenvalue weighted by Gasteiger charge is 2.25. The summed E-state index contributed by atoms with van der Waals surface area (Å²) in [6.07, 6.45) is 3.11. The third kappa shape index (κ3) is 2.76. The van der Waals surface area contributed by atoms with Gasteiger partial charge in [0.2, 0.25) is 5.65 Å². The van der Waals surface area contributed by atoms with Crippen molar-refractivity contribution in [3.63, 3.8) is 0 Å². The number of H-pyrrole nitrogens is 1. The molecule has 0 spiro atoms. The monoisotopic (exact) mass is 367 g/mol. The van der Waals surface area contributed by atoms with Gasteiger partial charge in [-0.25, -0.2) is 9.97 Å². The second-order valence-corrected chi connectivity index (χ2v) is 7.59. The van der Waals surface area contributed by atoms with E-state index < -0.39 is 6.10 Å². The Balaban J connectivity index is 1.49. The van der Waals surface area contributed by atoms with E-state index in [2.05, 4.69) is 26.5 Å². The molecule has 1 aliphatic rings. The molecular formula is C18H17N5O2S. The first kappa shape index (κ1) is 15.8. The third-order valence-corrected chi connectivity index (χ3v) is 5.99. The molecule has 4 aromatic heterocycles. The fraction of sp³-hybridized carbons (Fsp3) is 0.333. The van der Waals surface area contributed by atoms with Crippen molar-refractivity contribution in [3.8, 4) is 11.3 Å². The molecule has 0 unspecified atom stereocenters. The molecule has 1 saturated heterocycles. The molecule has 2 N–H and O–H groups in total. The van der Waals surface area contributed by atoms with Crippen LogP contribution in [0.25, 0.3) is 32.6 Å². The average Bonchev–Trinajstić information content (AvgIpc) is 3.33. The second-order valence-electron chi connectivity index (χ2n) is 6.52. The number of hydrogen-bond donors (Lipinski definition) is 2. The van der Waals surface area contributed by atoms with Gasteiger partial charge in [-0.2, -0.15) is 10.3 Å². The Labute approximate surface area is 153 Å². The summed E-state index contributed by atoms with van der Waals surface area (Å²) in [5.74, 6) is 0.259. The smallest absolute Gasteiger partial charge is 0.201 e. The van der Waals surface area contributed by atoms with Crippen LogP contribution in [0.1, 0.15) is 23.8 Å². The summed E-state index contributed by atoms with van der Waals surface area (Å²) in [6, 6.07) is 7.99. The third-order valence-electron chi connectivity index (χ3n) is 4.88. The lowest BCUT2D eigenvalue weighted by Crippen LogP contribution is -2.21. The predicted octanol–water partition coefficient (Wildman–Crippen LogP) is 3.09. The van der Waals surface area contributed by atoms with Crippen molar-refractivity contribution in [2.24, 2.45) is 5.92 Å². The number of ether oxygens (including phenoxy) is 1. The molecule has 0 radical (unpaired) electrons. The maximum atomic E-state index is 10.7. The normalized spacial score (nSPS) is 17.1. The maximum Gasteiger partial charge on any atom is 0.201 e. The molecule has 1 atom stereocenters. The van der Waals surface area contributed by atoms with Crippen LogP contribution in [0, 0.1) is 5.92 Å². The first-order valence-electron chi connectivity index (χ1n) is 8.61. The number of nitrogens with one attached hydrogen (secondary N) is 1. The number of nitrogens with zero attached hydrogens (tertiary/aromatic N) is 4. The molecule has 8 heteroatoms. The van der Waals surface area contributed by atoms with Crippen LogP contribution in [0.4, 0.5) is 0 Å². The number of aliphatic hydroxyl groups excluding tert-OH is 1. The van der Waals surface area contributed by atoms with Gasteiger partial charge in [0.25, 0.3) is 0 Å². The van der Waals surface area contributed by atoms with Crippen molar-refractivity contribution in [2.45, 2.75) is 18.9 Å². The van der Waals surface area contributed by atoms with Crippen molar-refractivity contribution in [2.75, 3.05) is 13.2 Å². The molecule has 1 fully saturated rings. The summed E-state index contributed by atoms with van der Waals surface area (Å²) in [6.45, 7) is 1.46. The molecule has 0 bridgehead atoms. The first-order chi connectivity index (χ1) is 12.8. The number of aromatic nitrogens is 5. The minimum atomic E-state index is -0.449. The lowest BCUT2D eigenvalue weighted by atomic mass is 9.93. The zero-order valence-electron chi connectivity index (χ0n) is 13.9. The molecule has 1 aliphatic heterocycles. The number of aromatic amines is 1. The first-order valence-corrected chi connectivity index (χ1v) is 9.43. The molecular weight excluding hydrogens is 350 g/mol. The van der Waals surface area contributed by atoms with Gasteiger partial charge < -0.3 is 9.84 Å². The van der Waals surface area contributed by atoms with Crippen LogP contribution in [-0.4, -0.2) is 43.7 Å². The van der Waals surface area contributed by atoms with Crippen LogP contribution in [0.3, 0.4) is 0 Å². The number of fused-ring (bicyclic) bond motifs is 2. The largest absolute Gasteiger partial charge is 0.387 e. The second kappa shape index (κ2) is 6.39. The highest BCUT2D eigenvalue weighted by atomic mass is 32.1. The summed E-state index contributed by atoms with van der Waals surface area (Å²) in [7, 11) is 0. The quantitative estimate of drug-likeness (QED) is 0.578. The van der Waals surface area contributed by atoms with Crippen LogP contribution in [0.2, 0.25) is 0 Å². The number of pyridine rings is 2. The summed E-state index contributed by atoms with van der Waals surface area (Å²) < 4.78 is 5.40. The zero-order valence-corrected chi connectivity index (χ0v) is 14.7. The van der Waals surface area contributed by atoms with Crippen molar-refractivity contribution >= 4 is 32.7 Å². The van der Waals surface area contributed by atoms with Gasteiger partial charge in [-0.05, 0) is 43.0 Å². The van der Waals surface area contributed by atoms with Crippen molar-refractivity contribution in [3.05, 3.63) is 35.3 Å². The van der Waals surface area contributed by atoms with Crippen LogP contribution >= 0.6 is 11.3 Å². The van der Waals surface area contributed by atoms with Crippen LogP contribution < -0.4 is 0 Å². The van der Waals surface area contributed by atoms with E-state index in [4.69, 9.17) is 9.72 Å². The van der Waals surface area contributed by atoms with E-state index in [0.717, 1.165) is 52.4 Å². The minimum Gasteiger partial charge on any atom is -0.387 e. The Morgan fingerprint density at radius 3 is 2.96 bits per heavy atom. The Bertz CT molecular complexity index is 1070. The molecule has 0 aromatic carbocycles. The summed E-state index contributed by atoms with van der Waals surface area (Å²) >= 11 is 1.56. The van der Waals surface area contributed by atoms with Gasteiger partial charge in [-0.15, -0.1) is 16.4 Å². The number of hydrogen-bond acceptors (Lipinski definition) is 7. The van der Waals surface area contributed by atoms with Crippen LogP contribution in [0.5, 0.6) is 0 Å². The molecule has 4 aromatic rings. The van der Waals surface area contributed by atoms with Gasteiger partial charge in [0, 0.05) is 35.2 Å². The van der Waals surface area contributed by atoms with Gasteiger partial charge in [0.1, 0.15) is 10.3 Å². The van der Waals surface area contributed by atoms with E-state index in [-0.39, 0.29) is 5.92 Å². The zero-order chi connectivity index (χ0) is 17.5. The van der Waals surface area contributed by atoms with Crippen molar-refractivity contribution < 1.29 is 9.84 Å². The molecule has 5 rings (SSSR count). The summed E-state index contributed by atoms with van der Waals surface area (Å²) in [4.78, 5) is 11.0. The number of rotatable bonds is 3. The van der Waals surface area contributed by atoms with E-state index >= 15 is 0 Å². The van der Waals surface area contributed by atoms with Crippen molar-refractivity contribution in [1.82, 2.24) is 25.4 Å². The standard InChI is InChI=1S/C18H17N5O2S/c24-16(10-3-5-25-6-4-10)15-8-11-1-2-13(20-18(11)26-15)12-7-14-17(19-9-12)22-23-21-14/h1-2,7-10,16,24H,3-6H2,(H,19,21,22,23)/t16-/m0/s1. The SMILES string of the molecule is O[C@H](c1cc2ccc(-c3cnc4n[nH]nc4c3)nc2s1)C1CCOCC1. The van der Waals surface area contributed by atoms with Gasteiger partial charge in [-0.3, -0.25) is 0 Å². The number of aliphatic hydroxyl groups is 1. The van der Waals surface area contributed by atoms with Gasteiger partial charge in [0.05, 0.1) is 11.8 Å². The lowest BCUT2D eigenvalue weighted by Gasteiger charge is -2.25. The molecule has 26 heavy (non-hydrogen) atoms. The minimum absolute atomic E-state index is 0.259. The Morgan fingerprint density at radius 2 is 2.08 bits per heavy atom. The van der Waals surface area contributed by atoms with Crippen molar-refractivity contribution in [1.29, 1.82) is 0 Å². The maximum absolute atomic E-state index is 10.7. The fourth-order valence-electron chi connectivity index (χ4n) is 3.39. The average molecular weight is 367 g/mol. The Morgan fingerprint density at radius 1 is 1.19 bits per heavy atom. The lowest BCUT2D eigenvalue weighted by molar-refractivity contribution is 0.00856. The van der Waals surface area contributed by atoms with Crippen LogP contribution in [0.15, 0.2) is 30.5 Å². The molecule has 7 nitrogen and oxygen atoms in total. The van der Waals surface area contributed by atoms with Gasteiger partial charge in [-0.1, -0.05) is 0 Å². The fourth-order valence-corrected chi connectivity index (χ4v) is 4.50. The Kier molecular flexibility index (Phi) is 3.88. The molecule has 132 valence electrons. The van der Waals surface area contributed by atoms with E-state index in [9.17, 15) is 5.11 Å². The Hall–Kier alpha value is -2.42. The molecule has 0 aliphatic carbocycles. The molecule has 0 saturated carbocycles.